The van der Waals surface area contributed by atoms with Gasteiger partial charge in [0.05, 0.1) is 0 Å². The van der Waals surface area contributed by atoms with Crippen LogP contribution in [0.4, 0.5) is 11.4 Å². The summed E-state index contributed by atoms with van der Waals surface area (Å²) in [6.45, 7) is 11.4. The van der Waals surface area contributed by atoms with E-state index in [4.69, 9.17) is 0 Å². The molecule has 3 aromatic rings. The van der Waals surface area contributed by atoms with Crippen LogP contribution in [-0.4, -0.2) is 0 Å². The van der Waals surface area contributed by atoms with Crippen LogP contribution in [0.5, 0.6) is 0 Å². The predicted molar refractivity (Wildman–Crippen MR) is 130 cm³/mol. The molecule has 2 aromatic carbocycles. The molecule has 0 spiro atoms. The lowest BCUT2D eigenvalue weighted by Gasteiger charge is -2.15. The van der Waals surface area contributed by atoms with Crippen molar-refractivity contribution >= 4 is 22.7 Å². The number of hydrogen-bond donors (Lipinski definition) is 1. The summed E-state index contributed by atoms with van der Waals surface area (Å²) in [4.78, 5) is 0. The first-order chi connectivity index (χ1) is 13.9. The minimum absolute atomic E-state index is 0.572. The quantitative estimate of drug-likeness (QED) is 0.375. The third kappa shape index (κ3) is 5.96. The molecular formula is C27H35NS. The van der Waals surface area contributed by atoms with Crippen LogP contribution in [0.25, 0.3) is 0 Å². The molecule has 0 amide bonds. The van der Waals surface area contributed by atoms with E-state index in [1.807, 2.05) is 11.3 Å². The van der Waals surface area contributed by atoms with Crippen LogP contribution in [0.1, 0.15) is 87.5 Å². The molecule has 1 heterocycles. The predicted octanol–water partition coefficient (Wildman–Crippen LogP) is 8.86. The Morgan fingerprint density at radius 3 is 1.90 bits per heavy atom. The average molecular weight is 406 g/mol. The number of rotatable bonds is 9. The van der Waals surface area contributed by atoms with Crippen LogP contribution in [0, 0.1) is 0 Å². The van der Waals surface area contributed by atoms with E-state index in [1.54, 1.807) is 11.1 Å². The van der Waals surface area contributed by atoms with Gasteiger partial charge in [0, 0.05) is 11.4 Å². The zero-order valence-electron chi connectivity index (χ0n) is 18.5. The molecule has 1 nitrogen and oxygen atoms in total. The summed E-state index contributed by atoms with van der Waals surface area (Å²) in [5.41, 5.74) is 8.20. The standard InChI is InChI=1S/C27H35NS/c1-19(2)23-11-15-25(16-12-23)28-24-13-9-22(10-14-24)8-6-7-21(5)27-18-29-17-26(27)20(3)4/h9-21,28H,6-8H2,1-5H3. The molecule has 0 bridgehead atoms. The van der Waals surface area contributed by atoms with Gasteiger partial charge < -0.3 is 5.32 Å². The highest BCUT2D eigenvalue weighted by Crippen LogP contribution is 2.32. The van der Waals surface area contributed by atoms with E-state index in [0.29, 0.717) is 17.8 Å². The molecule has 0 aliphatic rings. The van der Waals surface area contributed by atoms with Crippen molar-refractivity contribution in [3.8, 4) is 0 Å². The van der Waals surface area contributed by atoms with Crippen LogP contribution in [0.3, 0.4) is 0 Å². The number of hydrogen-bond acceptors (Lipinski definition) is 2. The summed E-state index contributed by atoms with van der Waals surface area (Å²) in [6, 6.07) is 17.7. The Kier molecular flexibility index (Phi) is 7.55. The highest BCUT2D eigenvalue weighted by atomic mass is 32.1. The van der Waals surface area contributed by atoms with Crippen molar-refractivity contribution in [3.63, 3.8) is 0 Å². The Labute approximate surface area is 181 Å². The number of thiophene rings is 1. The average Bonchev–Trinajstić information content (AvgIpc) is 3.20. The Morgan fingerprint density at radius 2 is 1.31 bits per heavy atom. The number of benzene rings is 2. The summed E-state index contributed by atoms with van der Waals surface area (Å²) < 4.78 is 0. The van der Waals surface area contributed by atoms with Gasteiger partial charge in [-0.05, 0) is 94.3 Å². The maximum atomic E-state index is 3.51. The lowest BCUT2D eigenvalue weighted by atomic mass is 9.90. The van der Waals surface area contributed by atoms with Gasteiger partial charge in [0.1, 0.15) is 0 Å². The molecular weight excluding hydrogens is 370 g/mol. The maximum Gasteiger partial charge on any atom is 0.0384 e. The fourth-order valence-electron chi connectivity index (χ4n) is 3.83. The van der Waals surface area contributed by atoms with Gasteiger partial charge in [-0.2, -0.15) is 11.3 Å². The van der Waals surface area contributed by atoms with E-state index in [1.165, 1.54) is 24.0 Å². The Bertz CT molecular complexity index is 872. The number of anilines is 2. The van der Waals surface area contributed by atoms with Crippen LogP contribution in [0.15, 0.2) is 59.3 Å². The van der Waals surface area contributed by atoms with Crippen molar-refractivity contribution in [2.75, 3.05) is 5.32 Å². The minimum atomic E-state index is 0.572. The molecule has 0 aliphatic carbocycles. The molecule has 2 heteroatoms. The monoisotopic (exact) mass is 405 g/mol. The normalized spacial score (nSPS) is 12.5. The van der Waals surface area contributed by atoms with Gasteiger partial charge in [-0.1, -0.05) is 58.9 Å². The van der Waals surface area contributed by atoms with Crippen molar-refractivity contribution in [2.45, 2.75) is 71.6 Å². The summed E-state index contributed by atoms with van der Waals surface area (Å²) >= 11 is 1.85. The third-order valence-corrected chi connectivity index (χ3v) is 6.58. The second-order valence-electron chi connectivity index (χ2n) is 8.83. The minimum Gasteiger partial charge on any atom is -0.356 e. The van der Waals surface area contributed by atoms with Gasteiger partial charge in [-0.15, -0.1) is 0 Å². The largest absolute Gasteiger partial charge is 0.356 e. The summed E-state index contributed by atoms with van der Waals surface area (Å²) in [6.07, 6.45) is 3.63. The Hall–Kier alpha value is -2.06. The fraction of sp³-hybridized carbons (Fsp3) is 0.407. The summed E-state index contributed by atoms with van der Waals surface area (Å²) in [5, 5.41) is 8.20. The zero-order valence-corrected chi connectivity index (χ0v) is 19.4. The molecule has 1 N–H and O–H groups in total. The second-order valence-corrected chi connectivity index (χ2v) is 9.57. The first-order valence-electron chi connectivity index (χ1n) is 11.0. The highest BCUT2D eigenvalue weighted by Gasteiger charge is 2.13. The first kappa shape index (κ1) is 21.6. The molecule has 0 radical (unpaired) electrons. The molecule has 1 unspecified atom stereocenters. The van der Waals surface area contributed by atoms with Crippen LogP contribution in [-0.2, 0) is 6.42 Å². The van der Waals surface area contributed by atoms with Crippen molar-refractivity contribution < 1.29 is 0 Å². The SMILES string of the molecule is CC(C)c1ccc(Nc2ccc(CCCC(C)c3cscc3C(C)C)cc2)cc1. The van der Waals surface area contributed by atoms with Crippen molar-refractivity contribution in [2.24, 2.45) is 0 Å². The lowest BCUT2D eigenvalue weighted by molar-refractivity contribution is 0.626. The molecule has 0 fully saturated rings. The lowest BCUT2D eigenvalue weighted by Crippen LogP contribution is -1.99. The van der Waals surface area contributed by atoms with Crippen molar-refractivity contribution in [1.29, 1.82) is 0 Å². The van der Waals surface area contributed by atoms with E-state index >= 15 is 0 Å². The fourth-order valence-corrected chi connectivity index (χ4v) is 4.97. The van der Waals surface area contributed by atoms with E-state index < -0.39 is 0 Å². The highest BCUT2D eigenvalue weighted by molar-refractivity contribution is 7.08. The van der Waals surface area contributed by atoms with Crippen molar-refractivity contribution in [1.82, 2.24) is 0 Å². The van der Waals surface area contributed by atoms with Gasteiger partial charge in [-0.3, -0.25) is 0 Å². The zero-order chi connectivity index (χ0) is 20.8. The van der Waals surface area contributed by atoms with Gasteiger partial charge in [-0.25, -0.2) is 0 Å². The molecule has 29 heavy (non-hydrogen) atoms. The van der Waals surface area contributed by atoms with Gasteiger partial charge in [0.25, 0.3) is 0 Å². The van der Waals surface area contributed by atoms with Crippen LogP contribution >= 0.6 is 11.3 Å². The first-order valence-corrected chi connectivity index (χ1v) is 11.9. The molecule has 3 rings (SSSR count). The number of aryl methyl sites for hydroxylation is 1. The van der Waals surface area contributed by atoms with Crippen LogP contribution in [0.2, 0.25) is 0 Å². The second kappa shape index (κ2) is 10.1. The van der Waals surface area contributed by atoms with E-state index in [2.05, 4.69) is 99.2 Å². The summed E-state index contributed by atoms with van der Waals surface area (Å²) in [7, 11) is 0. The summed E-state index contributed by atoms with van der Waals surface area (Å²) in [5.74, 6) is 1.84. The van der Waals surface area contributed by atoms with Gasteiger partial charge in [0.2, 0.25) is 0 Å². The Balaban J connectivity index is 1.49. The topological polar surface area (TPSA) is 12.0 Å². The number of nitrogens with one attached hydrogen (secondary N) is 1. The molecule has 0 aliphatic heterocycles. The molecule has 1 aromatic heterocycles. The van der Waals surface area contributed by atoms with E-state index in [-0.39, 0.29) is 0 Å². The molecule has 0 saturated heterocycles. The molecule has 154 valence electrons. The van der Waals surface area contributed by atoms with E-state index in [9.17, 15) is 0 Å². The molecule has 1 atom stereocenters. The van der Waals surface area contributed by atoms with Crippen LogP contribution < -0.4 is 5.32 Å². The maximum absolute atomic E-state index is 3.51. The third-order valence-electron chi connectivity index (χ3n) is 5.80. The van der Waals surface area contributed by atoms with Crippen molar-refractivity contribution in [3.05, 3.63) is 81.5 Å². The van der Waals surface area contributed by atoms with E-state index in [0.717, 1.165) is 17.8 Å². The van der Waals surface area contributed by atoms with Gasteiger partial charge in [0.15, 0.2) is 0 Å². The Morgan fingerprint density at radius 1 is 0.724 bits per heavy atom. The van der Waals surface area contributed by atoms with Gasteiger partial charge >= 0.3 is 0 Å². The smallest absolute Gasteiger partial charge is 0.0384 e. The molecule has 0 saturated carbocycles.